The van der Waals surface area contributed by atoms with E-state index in [1.54, 1.807) is 0 Å². The number of fused-ring (bicyclic) bond motifs is 1. The largest absolute Gasteiger partial charge is 0.461 e. The van der Waals surface area contributed by atoms with Crippen LogP contribution in [0.1, 0.15) is 127 Å². The molecule has 48 heavy (non-hydrogen) atoms. The van der Waals surface area contributed by atoms with E-state index in [1.165, 1.54) is 16.7 Å². The van der Waals surface area contributed by atoms with E-state index in [0.717, 1.165) is 63.4 Å². The maximum atomic E-state index is 12.6. The Balaban J connectivity index is 1.81. The second kappa shape index (κ2) is 16.0. The van der Waals surface area contributed by atoms with Gasteiger partial charge in [0.1, 0.15) is 12.7 Å². The summed E-state index contributed by atoms with van der Waals surface area (Å²) < 4.78 is 26.0. The molecule has 0 radical (unpaired) electrons. The lowest BCUT2D eigenvalue weighted by Crippen LogP contribution is -2.49. The van der Waals surface area contributed by atoms with E-state index in [0.29, 0.717) is 5.92 Å². The molecule has 0 spiro atoms. The third kappa shape index (κ3) is 9.74. The summed E-state index contributed by atoms with van der Waals surface area (Å²) in [6, 6.07) is 0. The zero-order valence-corrected chi connectivity index (χ0v) is 35.4. The van der Waals surface area contributed by atoms with Crippen molar-refractivity contribution in [1.29, 1.82) is 0 Å². The minimum absolute atomic E-state index is 0.00655. The van der Waals surface area contributed by atoms with E-state index in [-0.39, 0.29) is 52.5 Å². The van der Waals surface area contributed by atoms with E-state index in [1.807, 2.05) is 0 Å². The molecule has 0 aliphatic heterocycles. The molecule has 7 heteroatoms. The molecule has 0 aromatic heterocycles. The first-order chi connectivity index (χ1) is 22.1. The molecule has 0 saturated heterocycles. The van der Waals surface area contributed by atoms with Gasteiger partial charge in [-0.2, -0.15) is 0 Å². The maximum Gasteiger partial charge on any atom is 0.332 e. The van der Waals surface area contributed by atoms with Crippen molar-refractivity contribution in [2.45, 2.75) is 188 Å². The van der Waals surface area contributed by atoms with Gasteiger partial charge < -0.3 is 18.3 Å². The Hall–Kier alpha value is -1.26. The number of hydrogen-bond donors (Lipinski definition) is 0. The molecule has 3 rings (SSSR count). The van der Waals surface area contributed by atoms with Crippen molar-refractivity contribution < 1.29 is 23.1 Å². The molecule has 2 saturated carbocycles. The first-order valence-electron chi connectivity index (χ1n) is 19.0. The molecule has 0 aromatic rings. The van der Waals surface area contributed by atoms with Gasteiger partial charge in [0.2, 0.25) is 0 Å². The monoisotopic (exact) mass is 700 g/mol. The number of carbonyl (C=O) groups is 1. The van der Waals surface area contributed by atoms with Crippen LogP contribution in [0.4, 0.5) is 0 Å². The molecule has 3 aliphatic carbocycles. The summed E-state index contributed by atoms with van der Waals surface area (Å²) in [6.07, 6.45) is 16.1. The van der Waals surface area contributed by atoms with Gasteiger partial charge in [-0.1, -0.05) is 99.1 Å². The van der Waals surface area contributed by atoms with Crippen LogP contribution in [0.5, 0.6) is 0 Å². The maximum absolute atomic E-state index is 12.6. The Morgan fingerprint density at radius 3 is 2.25 bits per heavy atom. The standard InChI is InChI=1S/C41H72O5Si2/c1-16-19-33(17-2)44-38(42)28-43-30(4)35-23-24-36-31(20-18-25-41(35,36)11)21-22-32-26-34(45-47(12,13)39(5,6)7)27-37(29(32)3)46-48(14,15)40(8,9)10/h21-23,30,33-34,36-37H,3,16-20,24-28H2,1-2,4-15H3/t30-,33?,34+,36-,37-,41+/m0/s1. The molecule has 6 atom stereocenters. The number of hydrogen-bond acceptors (Lipinski definition) is 5. The zero-order valence-electron chi connectivity index (χ0n) is 33.4. The number of esters is 1. The van der Waals surface area contributed by atoms with E-state index in [9.17, 15) is 4.79 Å². The highest BCUT2D eigenvalue weighted by atomic mass is 28.4. The Morgan fingerprint density at radius 1 is 1.04 bits per heavy atom. The molecule has 0 bridgehead atoms. The van der Waals surface area contributed by atoms with Crippen LogP contribution >= 0.6 is 0 Å². The third-order valence-electron chi connectivity index (χ3n) is 12.6. The molecule has 274 valence electrons. The lowest BCUT2D eigenvalue weighted by molar-refractivity contribution is -0.156. The SMILES string of the molecule is C=C1C(=CC=C2CCC[C@]3(C)C([C@H](C)OCC(=O)OC(CC)CCC)=CC[C@@H]23)C[C@@H](O[Si](C)(C)C(C)(C)C)C[C@@H]1O[Si](C)(C)C(C)(C)C. The summed E-state index contributed by atoms with van der Waals surface area (Å²) in [6.45, 7) is 36.7. The average molecular weight is 701 g/mol. The lowest BCUT2D eigenvalue weighted by atomic mass is 9.63. The number of allylic oxidation sites excluding steroid dienone is 4. The lowest BCUT2D eigenvalue weighted by Gasteiger charge is -2.45. The molecule has 0 heterocycles. The minimum atomic E-state index is -2.01. The van der Waals surface area contributed by atoms with Crippen molar-refractivity contribution in [2.75, 3.05) is 6.61 Å². The predicted octanol–water partition coefficient (Wildman–Crippen LogP) is 11.6. The van der Waals surface area contributed by atoms with Crippen LogP contribution in [-0.2, 0) is 23.1 Å². The predicted molar refractivity (Wildman–Crippen MR) is 207 cm³/mol. The van der Waals surface area contributed by atoms with Gasteiger partial charge in [0, 0.05) is 6.42 Å². The van der Waals surface area contributed by atoms with Gasteiger partial charge in [-0.25, -0.2) is 4.79 Å². The van der Waals surface area contributed by atoms with Crippen LogP contribution in [0.15, 0.2) is 47.1 Å². The highest BCUT2D eigenvalue weighted by molar-refractivity contribution is 6.74. The molecular weight excluding hydrogens is 629 g/mol. The van der Waals surface area contributed by atoms with E-state index in [4.69, 9.17) is 18.3 Å². The summed E-state index contributed by atoms with van der Waals surface area (Å²) in [7, 11) is -3.98. The van der Waals surface area contributed by atoms with Gasteiger partial charge in [-0.3, -0.25) is 0 Å². The van der Waals surface area contributed by atoms with Crippen molar-refractivity contribution in [2.24, 2.45) is 11.3 Å². The van der Waals surface area contributed by atoms with Crippen LogP contribution in [0, 0.1) is 11.3 Å². The molecule has 1 unspecified atom stereocenters. The van der Waals surface area contributed by atoms with Crippen molar-refractivity contribution in [3.63, 3.8) is 0 Å². The second-order valence-corrected chi connectivity index (χ2v) is 27.8. The van der Waals surface area contributed by atoms with Gasteiger partial charge in [-0.05, 0) is 116 Å². The molecule has 2 fully saturated rings. The van der Waals surface area contributed by atoms with E-state index in [2.05, 4.69) is 120 Å². The molecule has 3 aliphatic rings. The number of rotatable bonds is 13. The van der Waals surface area contributed by atoms with Crippen molar-refractivity contribution in [3.05, 3.63) is 47.1 Å². The first-order valence-corrected chi connectivity index (χ1v) is 24.8. The van der Waals surface area contributed by atoms with Gasteiger partial charge >= 0.3 is 5.97 Å². The Bertz CT molecular complexity index is 1230. The summed E-state index contributed by atoms with van der Waals surface area (Å²) in [5.74, 6) is 0.193. The van der Waals surface area contributed by atoms with Crippen LogP contribution in [0.2, 0.25) is 36.3 Å². The van der Waals surface area contributed by atoms with E-state index >= 15 is 0 Å². The Labute approximate surface area is 297 Å². The van der Waals surface area contributed by atoms with Crippen LogP contribution in [0.25, 0.3) is 0 Å². The number of carbonyl (C=O) groups excluding carboxylic acids is 1. The van der Waals surface area contributed by atoms with Crippen molar-refractivity contribution in [3.8, 4) is 0 Å². The second-order valence-electron chi connectivity index (χ2n) is 18.2. The summed E-state index contributed by atoms with van der Waals surface area (Å²) >= 11 is 0. The van der Waals surface area contributed by atoms with Gasteiger partial charge in [0.25, 0.3) is 0 Å². The quantitative estimate of drug-likeness (QED) is 0.109. The summed E-state index contributed by atoms with van der Waals surface area (Å²) in [5, 5.41) is 0.275. The fraction of sp³-hybridized carbons (Fsp3) is 0.780. The molecule has 0 aromatic carbocycles. The highest BCUT2D eigenvalue weighted by Gasteiger charge is 2.47. The minimum Gasteiger partial charge on any atom is -0.461 e. The Kier molecular flexibility index (Phi) is 13.7. The smallest absolute Gasteiger partial charge is 0.332 e. The number of ether oxygens (including phenoxy) is 2. The van der Waals surface area contributed by atoms with Gasteiger partial charge in [0.15, 0.2) is 16.6 Å². The fourth-order valence-electron chi connectivity index (χ4n) is 7.42. The van der Waals surface area contributed by atoms with Crippen molar-refractivity contribution in [1.82, 2.24) is 0 Å². The fourth-order valence-corrected chi connectivity index (χ4v) is 10.1. The third-order valence-corrected chi connectivity index (χ3v) is 21.6. The van der Waals surface area contributed by atoms with E-state index < -0.39 is 16.6 Å². The van der Waals surface area contributed by atoms with Gasteiger partial charge in [-0.15, -0.1) is 0 Å². The highest BCUT2D eigenvalue weighted by Crippen LogP contribution is 2.56. The van der Waals surface area contributed by atoms with Crippen LogP contribution in [-0.4, -0.2) is 53.6 Å². The molecule has 0 amide bonds. The Morgan fingerprint density at radius 2 is 1.67 bits per heavy atom. The summed E-state index contributed by atoms with van der Waals surface area (Å²) in [5.41, 5.74) is 5.30. The van der Waals surface area contributed by atoms with Crippen LogP contribution < -0.4 is 0 Å². The summed E-state index contributed by atoms with van der Waals surface area (Å²) in [4.78, 5) is 12.6. The normalized spacial score (nSPS) is 28.8. The van der Waals surface area contributed by atoms with Crippen LogP contribution in [0.3, 0.4) is 0 Å². The topological polar surface area (TPSA) is 54.0 Å². The molecular formula is C41H72O5Si2. The molecule has 5 nitrogen and oxygen atoms in total. The average Bonchev–Trinajstić information content (AvgIpc) is 3.32. The zero-order chi connectivity index (χ0) is 36.3. The molecule has 0 N–H and O–H groups in total. The van der Waals surface area contributed by atoms with Gasteiger partial charge in [0.05, 0.1) is 18.3 Å². The van der Waals surface area contributed by atoms with Crippen molar-refractivity contribution >= 4 is 22.6 Å². The first kappa shape index (κ1) is 41.2.